The second kappa shape index (κ2) is 8.93. The summed E-state index contributed by atoms with van der Waals surface area (Å²) in [4.78, 5) is 9.29. The fourth-order valence-electron chi connectivity index (χ4n) is 3.41. The van der Waals surface area contributed by atoms with Gasteiger partial charge in [0.2, 0.25) is 10.0 Å². The van der Waals surface area contributed by atoms with Gasteiger partial charge in [0.1, 0.15) is 0 Å². The van der Waals surface area contributed by atoms with Crippen molar-refractivity contribution in [1.29, 1.82) is 0 Å². The number of rotatable bonds is 7. The van der Waals surface area contributed by atoms with Gasteiger partial charge < -0.3 is 4.90 Å². The lowest BCUT2D eigenvalue weighted by Crippen LogP contribution is -2.49. The van der Waals surface area contributed by atoms with Crippen LogP contribution in [0.25, 0.3) is 0 Å². The van der Waals surface area contributed by atoms with Crippen molar-refractivity contribution in [1.82, 2.24) is 19.5 Å². The molecule has 0 aliphatic carbocycles. The number of piperazine rings is 1. The highest BCUT2D eigenvalue weighted by molar-refractivity contribution is 7.89. The highest BCUT2D eigenvalue weighted by Crippen LogP contribution is 2.22. The van der Waals surface area contributed by atoms with Crippen molar-refractivity contribution in [2.75, 3.05) is 39.3 Å². The summed E-state index contributed by atoms with van der Waals surface area (Å²) in [6, 6.07) is 10.8. The minimum Gasteiger partial charge on any atom is -0.301 e. The summed E-state index contributed by atoms with van der Waals surface area (Å²) in [6.45, 7) is 9.32. The second-order valence-electron chi connectivity index (χ2n) is 6.94. The predicted octanol–water partition coefficient (Wildman–Crippen LogP) is 2.05. The molecule has 1 aliphatic heterocycles. The van der Waals surface area contributed by atoms with Crippen molar-refractivity contribution >= 4 is 10.0 Å². The first-order valence-corrected chi connectivity index (χ1v) is 10.9. The Labute approximate surface area is 162 Å². The van der Waals surface area contributed by atoms with E-state index in [0.29, 0.717) is 11.4 Å². The molecule has 1 aromatic carbocycles. The van der Waals surface area contributed by atoms with E-state index >= 15 is 0 Å². The van der Waals surface area contributed by atoms with Crippen LogP contribution in [0.3, 0.4) is 0 Å². The third kappa shape index (κ3) is 5.13. The minimum atomic E-state index is -3.54. The van der Waals surface area contributed by atoms with Crippen LogP contribution in [-0.4, -0.2) is 62.5 Å². The summed E-state index contributed by atoms with van der Waals surface area (Å²) in [5.74, 6) is 0. The minimum absolute atomic E-state index is 0.0297. The van der Waals surface area contributed by atoms with Crippen molar-refractivity contribution in [2.45, 2.75) is 24.8 Å². The number of hydrogen-bond donors (Lipinski definition) is 1. The Balaban J connectivity index is 1.75. The summed E-state index contributed by atoms with van der Waals surface area (Å²) in [5.41, 5.74) is 2.07. The van der Waals surface area contributed by atoms with Gasteiger partial charge in [0.15, 0.2) is 0 Å². The Kier molecular flexibility index (Phi) is 6.59. The molecule has 1 N–H and O–H groups in total. The van der Waals surface area contributed by atoms with Gasteiger partial charge in [-0.25, -0.2) is 13.1 Å². The smallest absolute Gasteiger partial charge is 0.240 e. The molecule has 0 saturated carbocycles. The second-order valence-corrected chi connectivity index (χ2v) is 8.70. The number of aromatic nitrogens is 1. The van der Waals surface area contributed by atoms with E-state index < -0.39 is 10.0 Å². The number of nitrogens with zero attached hydrogens (tertiary/aromatic N) is 3. The number of aryl methyl sites for hydroxylation is 1. The quantitative estimate of drug-likeness (QED) is 0.786. The molecule has 1 atom stereocenters. The summed E-state index contributed by atoms with van der Waals surface area (Å²) in [6.07, 6.45) is 3.57. The molecule has 2 aromatic rings. The van der Waals surface area contributed by atoms with Crippen LogP contribution in [0.5, 0.6) is 0 Å². The Bertz CT molecular complexity index is 817. The first kappa shape index (κ1) is 19.9. The van der Waals surface area contributed by atoms with E-state index in [-0.39, 0.29) is 6.04 Å². The predicted molar refractivity (Wildman–Crippen MR) is 107 cm³/mol. The molecule has 0 unspecified atom stereocenters. The molecule has 7 heteroatoms. The molecule has 0 radical (unpaired) electrons. The van der Waals surface area contributed by atoms with Crippen molar-refractivity contribution in [3.05, 3.63) is 59.9 Å². The SMILES string of the molecule is CCN1CCN([C@H](CNS(=O)(=O)c2ccc(C)cc2)c2cccnc2)CC1. The van der Waals surface area contributed by atoms with Gasteiger partial charge in [0.05, 0.1) is 4.90 Å². The van der Waals surface area contributed by atoms with Gasteiger partial charge >= 0.3 is 0 Å². The normalized spacial score (nSPS) is 17.7. The lowest BCUT2D eigenvalue weighted by molar-refractivity contribution is 0.100. The summed E-state index contributed by atoms with van der Waals surface area (Å²) in [5, 5.41) is 0. The third-order valence-electron chi connectivity index (χ3n) is 5.16. The molecule has 6 nitrogen and oxygen atoms in total. The Morgan fingerprint density at radius 2 is 1.81 bits per heavy atom. The summed E-state index contributed by atoms with van der Waals surface area (Å²) >= 11 is 0. The van der Waals surface area contributed by atoms with Gasteiger partial charge in [-0.15, -0.1) is 0 Å². The first-order chi connectivity index (χ1) is 13.0. The fourth-order valence-corrected chi connectivity index (χ4v) is 4.45. The largest absolute Gasteiger partial charge is 0.301 e. The van der Waals surface area contributed by atoms with E-state index in [1.807, 2.05) is 37.4 Å². The molecule has 2 heterocycles. The highest BCUT2D eigenvalue weighted by Gasteiger charge is 2.26. The fraction of sp³-hybridized carbons (Fsp3) is 0.450. The number of hydrogen-bond acceptors (Lipinski definition) is 5. The molecule has 0 spiro atoms. The van der Waals surface area contributed by atoms with Crippen molar-refractivity contribution in [2.24, 2.45) is 0 Å². The topological polar surface area (TPSA) is 65.5 Å². The Hall–Kier alpha value is -1.80. The van der Waals surface area contributed by atoms with Crippen LogP contribution in [0, 0.1) is 6.92 Å². The molecule has 1 fully saturated rings. The molecule has 3 rings (SSSR count). The molecular weight excluding hydrogens is 360 g/mol. The molecule has 1 saturated heterocycles. The van der Waals surface area contributed by atoms with Crippen LogP contribution in [0.2, 0.25) is 0 Å². The lowest BCUT2D eigenvalue weighted by Gasteiger charge is -2.39. The molecule has 1 aliphatic rings. The van der Waals surface area contributed by atoms with Crippen LogP contribution in [0.15, 0.2) is 53.7 Å². The monoisotopic (exact) mass is 388 g/mol. The van der Waals surface area contributed by atoms with Crippen LogP contribution >= 0.6 is 0 Å². The number of benzene rings is 1. The number of nitrogens with one attached hydrogen (secondary N) is 1. The van der Waals surface area contributed by atoms with Crippen LogP contribution in [0.1, 0.15) is 24.1 Å². The molecule has 146 valence electrons. The van der Waals surface area contributed by atoms with E-state index in [1.54, 1.807) is 18.3 Å². The molecule has 27 heavy (non-hydrogen) atoms. The van der Waals surface area contributed by atoms with Gasteiger partial charge in [0, 0.05) is 51.2 Å². The van der Waals surface area contributed by atoms with Crippen LogP contribution in [0.4, 0.5) is 0 Å². The zero-order valence-corrected chi connectivity index (χ0v) is 16.8. The number of pyridine rings is 1. The number of likely N-dealkylation sites (N-methyl/N-ethyl adjacent to an activating group) is 1. The van der Waals surface area contributed by atoms with Gasteiger partial charge in [-0.05, 0) is 37.2 Å². The number of sulfonamides is 1. The van der Waals surface area contributed by atoms with Gasteiger partial charge in [-0.2, -0.15) is 0 Å². The third-order valence-corrected chi connectivity index (χ3v) is 6.60. The van der Waals surface area contributed by atoms with E-state index in [0.717, 1.165) is 43.9 Å². The maximum absolute atomic E-state index is 12.7. The summed E-state index contributed by atoms with van der Waals surface area (Å²) < 4.78 is 28.2. The zero-order chi connectivity index (χ0) is 19.3. The van der Waals surface area contributed by atoms with Gasteiger partial charge in [-0.1, -0.05) is 30.7 Å². The van der Waals surface area contributed by atoms with E-state index in [1.165, 1.54) is 0 Å². The molecule has 1 aromatic heterocycles. The Morgan fingerprint density at radius 3 is 2.41 bits per heavy atom. The maximum Gasteiger partial charge on any atom is 0.240 e. The maximum atomic E-state index is 12.7. The Morgan fingerprint density at radius 1 is 1.11 bits per heavy atom. The lowest BCUT2D eigenvalue weighted by atomic mass is 10.1. The van der Waals surface area contributed by atoms with Crippen molar-refractivity contribution in [3.63, 3.8) is 0 Å². The van der Waals surface area contributed by atoms with E-state index in [9.17, 15) is 8.42 Å². The average Bonchev–Trinajstić information content (AvgIpc) is 2.70. The highest BCUT2D eigenvalue weighted by atomic mass is 32.2. The van der Waals surface area contributed by atoms with Crippen molar-refractivity contribution in [3.8, 4) is 0 Å². The molecule has 0 bridgehead atoms. The molecule has 0 amide bonds. The zero-order valence-electron chi connectivity index (χ0n) is 16.0. The molecular formula is C20H28N4O2S. The average molecular weight is 389 g/mol. The first-order valence-electron chi connectivity index (χ1n) is 9.42. The van der Waals surface area contributed by atoms with Gasteiger partial charge in [0.25, 0.3) is 0 Å². The van der Waals surface area contributed by atoms with Crippen LogP contribution in [-0.2, 0) is 10.0 Å². The van der Waals surface area contributed by atoms with Crippen molar-refractivity contribution < 1.29 is 8.42 Å². The van der Waals surface area contributed by atoms with E-state index in [2.05, 4.69) is 26.4 Å². The summed E-state index contributed by atoms with van der Waals surface area (Å²) in [7, 11) is -3.54. The van der Waals surface area contributed by atoms with E-state index in [4.69, 9.17) is 0 Å². The standard InChI is InChI=1S/C20H28N4O2S/c1-3-23-11-13-24(14-12-23)20(18-5-4-10-21-15-18)16-22-27(25,26)19-8-6-17(2)7-9-19/h4-10,15,20,22H,3,11-14,16H2,1-2H3/t20-/m1/s1. The van der Waals surface area contributed by atoms with Gasteiger partial charge in [-0.3, -0.25) is 9.88 Å². The van der Waals surface area contributed by atoms with Crippen LogP contribution < -0.4 is 4.72 Å².